The fourth-order valence-electron chi connectivity index (χ4n) is 5.77. The molecule has 1 amide bonds. The van der Waals surface area contributed by atoms with Gasteiger partial charge in [0.05, 0.1) is 23.7 Å². The molecule has 2 heterocycles. The van der Waals surface area contributed by atoms with Crippen LogP contribution in [0.1, 0.15) is 74.3 Å². The first-order chi connectivity index (χ1) is 19.7. The Morgan fingerprint density at radius 1 is 1.10 bits per heavy atom. The number of hydrogen-bond acceptors (Lipinski definition) is 7. The van der Waals surface area contributed by atoms with Gasteiger partial charge in [-0.3, -0.25) is 14.7 Å². The molecule has 5 rings (SSSR count). The third kappa shape index (κ3) is 5.67. The van der Waals surface area contributed by atoms with E-state index in [1.807, 2.05) is 29.2 Å². The molecule has 3 aromatic rings. The maximum Gasteiger partial charge on any atom is 0.264 e. The van der Waals surface area contributed by atoms with Gasteiger partial charge in [0.2, 0.25) is 5.88 Å². The Kier molecular flexibility index (Phi) is 8.33. The van der Waals surface area contributed by atoms with Gasteiger partial charge >= 0.3 is 0 Å². The van der Waals surface area contributed by atoms with Gasteiger partial charge in [0.15, 0.2) is 0 Å². The minimum atomic E-state index is -3.99. The summed E-state index contributed by atoms with van der Waals surface area (Å²) in [6.07, 6.45) is 6.51. The number of anilines is 1. The monoisotopic (exact) mass is 578 g/mol. The number of hydrogen-bond donors (Lipinski definition) is 1. The first-order valence-corrected chi connectivity index (χ1v) is 15.7. The van der Waals surface area contributed by atoms with Crippen LogP contribution in [-0.2, 0) is 32.7 Å². The number of amidine groups is 1. The molecule has 9 nitrogen and oxygen atoms in total. The number of aromatic nitrogens is 1. The molecule has 1 aromatic heterocycles. The van der Waals surface area contributed by atoms with Crippen LogP contribution in [0, 0.1) is 13.8 Å². The van der Waals surface area contributed by atoms with Crippen molar-refractivity contribution >= 4 is 27.7 Å². The summed E-state index contributed by atoms with van der Waals surface area (Å²) in [4.78, 5) is 20.6. The van der Waals surface area contributed by atoms with Gasteiger partial charge in [-0.2, -0.15) is 0 Å². The lowest BCUT2D eigenvalue weighted by Crippen LogP contribution is -2.40. The maximum atomic E-state index is 13.6. The Labute approximate surface area is 242 Å². The van der Waals surface area contributed by atoms with Crippen LogP contribution < -0.4 is 4.72 Å². The normalized spacial score (nSPS) is 16.5. The van der Waals surface area contributed by atoms with Crippen LogP contribution in [0.2, 0.25) is 0 Å². The topological polar surface area (TPSA) is 114 Å². The summed E-state index contributed by atoms with van der Waals surface area (Å²) in [5.74, 6) is 1.09. The van der Waals surface area contributed by atoms with E-state index in [2.05, 4.69) is 16.8 Å². The molecule has 0 unspecified atom stereocenters. The van der Waals surface area contributed by atoms with Crippen LogP contribution in [0.15, 0.2) is 56.9 Å². The van der Waals surface area contributed by atoms with Crippen LogP contribution in [0.3, 0.4) is 0 Å². The van der Waals surface area contributed by atoms with Crippen LogP contribution in [0.25, 0.3) is 11.1 Å². The number of ether oxygens (including phenoxy) is 1. The number of carbonyl (C=O) groups excluding carboxylic acids is 1. The van der Waals surface area contributed by atoms with Gasteiger partial charge in [-0.15, -0.1) is 0 Å². The molecular formula is C31H38N4O5S. The lowest BCUT2D eigenvalue weighted by atomic mass is 9.96. The predicted molar refractivity (Wildman–Crippen MR) is 158 cm³/mol. The van der Waals surface area contributed by atoms with E-state index in [1.165, 1.54) is 0 Å². The molecule has 1 spiro atoms. The highest BCUT2D eigenvalue weighted by atomic mass is 32.2. The number of carbonyl (C=O) groups is 1. The number of aliphatic imine (C=N–C) groups is 1. The van der Waals surface area contributed by atoms with Crippen LogP contribution in [-0.4, -0.2) is 42.9 Å². The van der Waals surface area contributed by atoms with Crippen molar-refractivity contribution in [1.82, 2.24) is 10.1 Å². The summed E-state index contributed by atoms with van der Waals surface area (Å²) in [6.45, 7) is 6.35. The van der Waals surface area contributed by atoms with Gasteiger partial charge in [0.25, 0.3) is 15.9 Å². The highest BCUT2D eigenvalue weighted by molar-refractivity contribution is 7.92. The largest absolute Gasteiger partial charge is 0.380 e. The number of sulfonamides is 1. The van der Waals surface area contributed by atoms with Crippen molar-refractivity contribution in [2.45, 2.75) is 89.3 Å². The minimum Gasteiger partial charge on any atom is -0.380 e. The molecule has 218 valence electrons. The third-order valence-electron chi connectivity index (χ3n) is 8.14. The second-order valence-electron chi connectivity index (χ2n) is 11.0. The fraction of sp³-hybridized carbons (Fsp3) is 0.452. The molecule has 0 saturated heterocycles. The molecule has 1 aliphatic carbocycles. The van der Waals surface area contributed by atoms with E-state index in [-0.39, 0.29) is 23.3 Å². The number of nitrogens with one attached hydrogen (secondary N) is 1. The van der Waals surface area contributed by atoms with Crippen molar-refractivity contribution in [2.75, 3.05) is 11.8 Å². The van der Waals surface area contributed by atoms with Gasteiger partial charge in [0, 0.05) is 24.7 Å². The lowest BCUT2D eigenvalue weighted by molar-refractivity contribution is -0.131. The molecule has 1 aliphatic heterocycles. The van der Waals surface area contributed by atoms with E-state index in [4.69, 9.17) is 14.3 Å². The van der Waals surface area contributed by atoms with Crippen molar-refractivity contribution in [2.24, 2.45) is 4.99 Å². The Morgan fingerprint density at radius 2 is 1.85 bits per heavy atom. The van der Waals surface area contributed by atoms with E-state index in [1.54, 1.807) is 39.2 Å². The second kappa shape index (κ2) is 11.8. The van der Waals surface area contributed by atoms with Crippen molar-refractivity contribution in [3.63, 3.8) is 0 Å². The summed E-state index contributed by atoms with van der Waals surface area (Å²) >= 11 is 0. The van der Waals surface area contributed by atoms with Crippen molar-refractivity contribution in [3.05, 3.63) is 64.8 Å². The number of amides is 1. The summed E-state index contributed by atoms with van der Waals surface area (Å²) < 4.78 is 40.3. The molecule has 1 fully saturated rings. The van der Waals surface area contributed by atoms with Crippen molar-refractivity contribution in [1.29, 1.82) is 0 Å². The van der Waals surface area contributed by atoms with Crippen LogP contribution in [0.5, 0.6) is 0 Å². The van der Waals surface area contributed by atoms with Crippen LogP contribution in [0.4, 0.5) is 5.88 Å². The zero-order valence-electron chi connectivity index (χ0n) is 24.2. The number of rotatable bonds is 11. The first kappa shape index (κ1) is 29.0. The summed E-state index contributed by atoms with van der Waals surface area (Å²) in [6, 6.07) is 12.7. The number of methoxy groups -OCH3 is 1. The Bertz CT molecular complexity index is 1570. The van der Waals surface area contributed by atoms with Gasteiger partial charge in [0.1, 0.15) is 11.4 Å². The second-order valence-corrected chi connectivity index (χ2v) is 12.7. The fourth-order valence-corrected chi connectivity index (χ4v) is 7.04. The Hall–Kier alpha value is -3.50. The number of nitrogens with zero attached hydrogens (tertiary/aromatic N) is 3. The van der Waals surface area contributed by atoms with Gasteiger partial charge in [-0.1, -0.05) is 67.7 Å². The highest BCUT2D eigenvalue weighted by Crippen LogP contribution is 2.40. The van der Waals surface area contributed by atoms with E-state index in [0.717, 1.165) is 67.5 Å². The maximum absolute atomic E-state index is 13.6. The van der Waals surface area contributed by atoms with Crippen molar-refractivity contribution < 1.29 is 22.5 Å². The number of unbranched alkanes of at least 4 members (excludes halogenated alkanes) is 1. The Balaban J connectivity index is 1.47. The molecule has 0 bridgehead atoms. The van der Waals surface area contributed by atoms with E-state index < -0.39 is 15.6 Å². The third-order valence-corrected chi connectivity index (χ3v) is 9.53. The molecule has 1 N–H and O–H groups in total. The molecule has 10 heteroatoms. The molecule has 0 radical (unpaired) electrons. The minimum absolute atomic E-state index is 0.0978. The van der Waals surface area contributed by atoms with Gasteiger partial charge < -0.3 is 9.26 Å². The first-order valence-electron chi connectivity index (χ1n) is 14.3. The van der Waals surface area contributed by atoms with E-state index >= 15 is 0 Å². The standard InChI is InChI=1S/C31H38N4O5S/c1-5-6-13-28-32-31(16-9-10-17-31)30(36)35(28)19-23-14-15-25(24(18-23)20-39-4)26-11-7-8-12-27(26)41(37,38)34-29-21(2)22(3)33-40-29/h7-8,11-12,14-15,18,34H,5-6,9-10,13,16-17,19-20H2,1-4H3. The molecular weight excluding hydrogens is 540 g/mol. The predicted octanol–water partition coefficient (Wildman–Crippen LogP) is 6.15. The smallest absolute Gasteiger partial charge is 0.264 e. The van der Waals surface area contributed by atoms with Gasteiger partial charge in [-0.25, -0.2) is 13.1 Å². The Morgan fingerprint density at radius 3 is 2.54 bits per heavy atom. The average molecular weight is 579 g/mol. The molecule has 1 saturated carbocycles. The van der Waals surface area contributed by atoms with E-state index in [0.29, 0.717) is 23.4 Å². The number of aryl methyl sites for hydroxylation is 1. The summed E-state index contributed by atoms with van der Waals surface area (Å²) in [5, 5.41) is 3.86. The lowest BCUT2D eigenvalue weighted by Gasteiger charge is -2.23. The highest BCUT2D eigenvalue weighted by Gasteiger charge is 2.49. The average Bonchev–Trinajstić information content (AvgIpc) is 3.63. The molecule has 2 aliphatic rings. The van der Waals surface area contributed by atoms with Crippen molar-refractivity contribution in [3.8, 4) is 11.1 Å². The summed E-state index contributed by atoms with van der Waals surface area (Å²) in [5.41, 5.74) is 3.72. The zero-order chi connectivity index (χ0) is 29.2. The zero-order valence-corrected chi connectivity index (χ0v) is 25.0. The van der Waals surface area contributed by atoms with Crippen LogP contribution >= 0.6 is 0 Å². The molecule has 0 atom stereocenters. The molecule has 2 aromatic carbocycles. The molecule has 41 heavy (non-hydrogen) atoms. The number of benzene rings is 2. The SMILES string of the molecule is CCCCC1=NC2(CCCC2)C(=O)N1Cc1ccc(-c2ccccc2S(=O)(=O)Nc2onc(C)c2C)c(COC)c1. The van der Waals surface area contributed by atoms with Gasteiger partial charge in [-0.05, 0) is 55.9 Å². The quantitative estimate of drug-likeness (QED) is 0.292. The summed E-state index contributed by atoms with van der Waals surface area (Å²) in [7, 11) is -2.38. The van der Waals surface area contributed by atoms with E-state index in [9.17, 15) is 13.2 Å².